The van der Waals surface area contributed by atoms with Gasteiger partial charge in [-0.05, 0) is 23.8 Å². The second kappa shape index (κ2) is 6.43. The van der Waals surface area contributed by atoms with Gasteiger partial charge in [0.1, 0.15) is 0 Å². The third kappa shape index (κ3) is 11.0. The number of hydrogen-bond acceptors (Lipinski definition) is 1. The molecule has 0 aliphatic rings. The number of rotatable bonds is 5. The topological polar surface area (TPSA) is 3.24 Å². The molecule has 0 aliphatic carbocycles. The molecule has 0 fully saturated rings. The van der Waals surface area contributed by atoms with Crippen molar-refractivity contribution >= 4 is 22.6 Å². The molecule has 0 unspecified atom stereocenters. The van der Waals surface area contributed by atoms with Gasteiger partial charge in [0.15, 0.2) is 0 Å². The van der Waals surface area contributed by atoms with Crippen LogP contribution in [0.3, 0.4) is 0 Å². The first-order chi connectivity index (χ1) is 6.64. The predicted molar refractivity (Wildman–Crippen MR) is 78.9 cm³/mol. The number of nitrogens with zero attached hydrogens (tertiary/aromatic N) is 1. The van der Waals surface area contributed by atoms with Crippen molar-refractivity contribution in [3.8, 4) is 0 Å². The molecule has 0 aromatic rings. The standard InChI is InChI=1S/C13H28IN/c1-12(2,3)10-15(9-7-8-14)11-13(4,5)6/h7-11H2,1-6H3. The Hall–Kier alpha value is 0.690. The quantitative estimate of drug-likeness (QED) is 0.541. The zero-order valence-corrected chi connectivity index (χ0v) is 13.5. The summed E-state index contributed by atoms with van der Waals surface area (Å²) >= 11 is 2.47. The van der Waals surface area contributed by atoms with Gasteiger partial charge in [-0.15, -0.1) is 0 Å². The van der Waals surface area contributed by atoms with E-state index in [1.807, 2.05) is 0 Å². The molecule has 0 saturated carbocycles. The van der Waals surface area contributed by atoms with E-state index in [-0.39, 0.29) is 0 Å². The molecule has 15 heavy (non-hydrogen) atoms. The SMILES string of the molecule is CC(C)(C)CN(CCCI)CC(C)(C)C. The lowest BCUT2D eigenvalue weighted by molar-refractivity contribution is 0.142. The van der Waals surface area contributed by atoms with Crippen LogP contribution in [-0.4, -0.2) is 29.0 Å². The summed E-state index contributed by atoms with van der Waals surface area (Å²) in [6, 6.07) is 0. The van der Waals surface area contributed by atoms with E-state index in [4.69, 9.17) is 0 Å². The summed E-state index contributed by atoms with van der Waals surface area (Å²) in [6.07, 6.45) is 1.31. The highest BCUT2D eigenvalue weighted by molar-refractivity contribution is 14.1. The Balaban J connectivity index is 4.19. The molecule has 0 heterocycles. The van der Waals surface area contributed by atoms with Crippen LogP contribution in [0.1, 0.15) is 48.0 Å². The van der Waals surface area contributed by atoms with E-state index in [0.717, 1.165) is 0 Å². The van der Waals surface area contributed by atoms with Crippen LogP contribution in [0, 0.1) is 10.8 Å². The fourth-order valence-electron chi connectivity index (χ4n) is 1.84. The third-order valence-corrected chi connectivity index (χ3v) is 2.77. The molecule has 0 rings (SSSR count). The Kier molecular flexibility index (Phi) is 6.73. The molecule has 1 nitrogen and oxygen atoms in total. The summed E-state index contributed by atoms with van der Waals surface area (Å²) in [7, 11) is 0. The highest BCUT2D eigenvalue weighted by atomic mass is 127. The zero-order chi connectivity index (χ0) is 12.1. The van der Waals surface area contributed by atoms with E-state index in [1.54, 1.807) is 0 Å². The Morgan fingerprint density at radius 1 is 0.867 bits per heavy atom. The van der Waals surface area contributed by atoms with Crippen LogP contribution in [0.2, 0.25) is 0 Å². The summed E-state index contributed by atoms with van der Waals surface area (Å²) < 4.78 is 1.27. The summed E-state index contributed by atoms with van der Waals surface area (Å²) in [5.74, 6) is 0. The first-order valence-electron chi connectivity index (χ1n) is 5.92. The van der Waals surface area contributed by atoms with Crippen LogP contribution >= 0.6 is 22.6 Å². The van der Waals surface area contributed by atoms with Gasteiger partial charge in [-0.25, -0.2) is 0 Å². The van der Waals surface area contributed by atoms with E-state index in [1.165, 1.54) is 30.5 Å². The molecule has 92 valence electrons. The van der Waals surface area contributed by atoms with Gasteiger partial charge >= 0.3 is 0 Å². The number of halogens is 1. The summed E-state index contributed by atoms with van der Waals surface area (Å²) in [4.78, 5) is 2.62. The molecule has 0 amide bonds. The predicted octanol–water partition coefficient (Wildman–Crippen LogP) is 4.21. The molecule has 0 aliphatic heterocycles. The van der Waals surface area contributed by atoms with Crippen molar-refractivity contribution in [1.82, 2.24) is 4.90 Å². The van der Waals surface area contributed by atoms with Crippen molar-refractivity contribution in [2.45, 2.75) is 48.0 Å². The largest absolute Gasteiger partial charge is 0.302 e. The molecule has 0 aromatic carbocycles. The average Bonchev–Trinajstić information content (AvgIpc) is 1.94. The second-order valence-electron chi connectivity index (χ2n) is 6.87. The summed E-state index contributed by atoms with van der Waals surface area (Å²) in [6.45, 7) is 17.6. The monoisotopic (exact) mass is 325 g/mol. The molecule has 0 atom stereocenters. The smallest absolute Gasteiger partial charge is 0.00303 e. The minimum Gasteiger partial charge on any atom is -0.302 e. The Morgan fingerprint density at radius 2 is 1.27 bits per heavy atom. The second-order valence-corrected chi connectivity index (χ2v) is 7.95. The van der Waals surface area contributed by atoms with Gasteiger partial charge in [-0.1, -0.05) is 64.1 Å². The molecule has 0 saturated heterocycles. The maximum Gasteiger partial charge on any atom is 0.00303 e. The first kappa shape index (κ1) is 15.7. The maximum atomic E-state index is 2.62. The van der Waals surface area contributed by atoms with E-state index >= 15 is 0 Å². The van der Waals surface area contributed by atoms with Crippen LogP contribution in [0.25, 0.3) is 0 Å². The van der Waals surface area contributed by atoms with Crippen LogP contribution in [0.5, 0.6) is 0 Å². The first-order valence-corrected chi connectivity index (χ1v) is 7.45. The molecule has 0 radical (unpaired) electrons. The lowest BCUT2D eigenvalue weighted by Gasteiger charge is -2.34. The van der Waals surface area contributed by atoms with Crippen molar-refractivity contribution in [3.63, 3.8) is 0 Å². The molecular weight excluding hydrogens is 297 g/mol. The van der Waals surface area contributed by atoms with Gasteiger partial charge in [0.2, 0.25) is 0 Å². The third-order valence-electron chi connectivity index (χ3n) is 2.00. The van der Waals surface area contributed by atoms with E-state index in [9.17, 15) is 0 Å². The van der Waals surface area contributed by atoms with Gasteiger partial charge in [0, 0.05) is 17.5 Å². The van der Waals surface area contributed by atoms with Crippen molar-refractivity contribution in [3.05, 3.63) is 0 Å². The molecule has 0 aromatic heterocycles. The van der Waals surface area contributed by atoms with Crippen LogP contribution in [-0.2, 0) is 0 Å². The van der Waals surface area contributed by atoms with E-state index in [0.29, 0.717) is 10.8 Å². The minimum atomic E-state index is 0.413. The lowest BCUT2D eigenvalue weighted by Crippen LogP contribution is -2.39. The normalized spacial score (nSPS) is 13.6. The van der Waals surface area contributed by atoms with Gasteiger partial charge in [0.05, 0.1) is 0 Å². The summed E-state index contributed by atoms with van der Waals surface area (Å²) in [5, 5.41) is 0. The maximum absolute atomic E-state index is 2.62. The Bertz CT molecular complexity index is 148. The van der Waals surface area contributed by atoms with Gasteiger partial charge in [0.25, 0.3) is 0 Å². The van der Waals surface area contributed by atoms with Crippen LogP contribution < -0.4 is 0 Å². The lowest BCUT2D eigenvalue weighted by atomic mass is 9.92. The van der Waals surface area contributed by atoms with Gasteiger partial charge in [-0.3, -0.25) is 0 Å². The molecular formula is C13H28IN. The van der Waals surface area contributed by atoms with Crippen molar-refractivity contribution < 1.29 is 0 Å². The minimum absolute atomic E-state index is 0.413. The van der Waals surface area contributed by atoms with E-state index < -0.39 is 0 Å². The van der Waals surface area contributed by atoms with Crippen molar-refractivity contribution in [1.29, 1.82) is 0 Å². The van der Waals surface area contributed by atoms with Gasteiger partial charge in [-0.2, -0.15) is 0 Å². The zero-order valence-electron chi connectivity index (χ0n) is 11.4. The molecule has 0 N–H and O–H groups in total. The fourth-order valence-corrected chi connectivity index (χ4v) is 2.18. The highest BCUT2D eigenvalue weighted by Gasteiger charge is 2.20. The van der Waals surface area contributed by atoms with E-state index in [2.05, 4.69) is 69.0 Å². The Morgan fingerprint density at radius 3 is 1.53 bits per heavy atom. The molecule has 0 spiro atoms. The Labute approximate surface area is 110 Å². The highest BCUT2D eigenvalue weighted by Crippen LogP contribution is 2.21. The van der Waals surface area contributed by atoms with Crippen molar-refractivity contribution in [2.24, 2.45) is 10.8 Å². The molecule has 2 heteroatoms. The average molecular weight is 325 g/mol. The summed E-state index contributed by atoms with van der Waals surface area (Å²) in [5.41, 5.74) is 0.826. The van der Waals surface area contributed by atoms with Crippen molar-refractivity contribution in [2.75, 3.05) is 24.1 Å². The van der Waals surface area contributed by atoms with Crippen LogP contribution in [0.4, 0.5) is 0 Å². The van der Waals surface area contributed by atoms with Gasteiger partial charge < -0.3 is 4.90 Å². The van der Waals surface area contributed by atoms with Crippen LogP contribution in [0.15, 0.2) is 0 Å². The number of hydrogen-bond donors (Lipinski definition) is 0. The number of alkyl halides is 1. The molecule has 0 bridgehead atoms. The fraction of sp³-hybridized carbons (Fsp3) is 1.00.